The molecule has 0 amide bonds. The number of hydrogen-bond acceptors (Lipinski definition) is 2. The lowest BCUT2D eigenvalue weighted by Gasteiger charge is -2.16. The molecule has 1 N–H and O–H groups in total. The monoisotopic (exact) mass is 291 g/mol. The van der Waals surface area contributed by atoms with E-state index in [1.165, 1.54) is 28.3 Å². The van der Waals surface area contributed by atoms with Gasteiger partial charge in [0.25, 0.3) is 0 Å². The van der Waals surface area contributed by atoms with Crippen LogP contribution in [0.5, 0.6) is 0 Å². The zero-order valence-corrected chi connectivity index (χ0v) is 13.0. The highest BCUT2D eigenvalue weighted by Gasteiger charge is 2.12. The van der Waals surface area contributed by atoms with Gasteiger partial charge in [0.1, 0.15) is 5.82 Å². The summed E-state index contributed by atoms with van der Waals surface area (Å²) in [4.78, 5) is 2.58. The largest absolute Gasteiger partial charge is 0.309 e. The Kier molecular flexibility index (Phi) is 5.74. The van der Waals surface area contributed by atoms with Crippen LogP contribution in [0.15, 0.2) is 36.4 Å². The summed E-state index contributed by atoms with van der Waals surface area (Å²) < 4.78 is 13.0. The van der Waals surface area contributed by atoms with Crippen LogP contribution in [0, 0.1) is 5.82 Å². The van der Waals surface area contributed by atoms with Crippen molar-refractivity contribution in [1.29, 1.82) is 0 Å². The highest BCUT2D eigenvalue weighted by Crippen LogP contribution is 2.33. The van der Waals surface area contributed by atoms with E-state index in [4.69, 9.17) is 0 Å². The standard InChI is InChI=1S/C17H22FNS/c1-3-5-15(19-12-4-2)17-11-10-16(20-17)13-6-8-14(18)9-7-13/h6-11,15,19H,3-5,12H2,1-2H3. The second-order valence-corrected chi connectivity index (χ2v) is 6.12. The first-order valence-electron chi connectivity index (χ1n) is 7.33. The van der Waals surface area contributed by atoms with Gasteiger partial charge in [0, 0.05) is 15.8 Å². The lowest BCUT2D eigenvalue weighted by Crippen LogP contribution is -2.21. The van der Waals surface area contributed by atoms with E-state index in [0.717, 1.165) is 24.9 Å². The van der Waals surface area contributed by atoms with Gasteiger partial charge in [0.15, 0.2) is 0 Å². The number of hydrogen-bond donors (Lipinski definition) is 1. The third-order valence-electron chi connectivity index (χ3n) is 3.32. The predicted octanol–water partition coefficient (Wildman–Crippen LogP) is 5.40. The van der Waals surface area contributed by atoms with Crippen LogP contribution in [0.25, 0.3) is 10.4 Å². The predicted molar refractivity (Wildman–Crippen MR) is 85.7 cm³/mol. The fraction of sp³-hybridized carbons (Fsp3) is 0.412. The molecule has 1 aromatic carbocycles. The van der Waals surface area contributed by atoms with E-state index >= 15 is 0 Å². The van der Waals surface area contributed by atoms with Crippen molar-refractivity contribution in [2.24, 2.45) is 0 Å². The lowest BCUT2D eigenvalue weighted by atomic mass is 10.1. The molecule has 1 aromatic heterocycles. The highest BCUT2D eigenvalue weighted by atomic mass is 32.1. The number of thiophene rings is 1. The molecule has 2 rings (SSSR count). The van der Waals surface area contributed by atoms with Gasteiger partial charge in [-0.25, -0.2) is 4.39 Å². The molecule has 0 aliphatic heterocycles. The van der Waals surface area contributed by atoms with Crippen molar-refractivity contribution >= 4 is 11.3 Å². The summed E-state index contributed by atoms with van der Waals surface area (Å²) in [6.45, 7) is 5.46. The van der Waals surface area contributed by atoms with E-state index in [9.17, 15) is 4.39 Å². The Labute approximate surface area is 124 Å². The molecule has 1 unspecified atom stereocenters. The quantitative estimate of drug-likeness (QED) is 0.720. The number of nitrogens with one attached hydrogen (secondary N) is 1. The average molecular weight is 291 g/mol. The molecule has 0 fully saturated rings. The SMILES string of the molecule is CCCNC(CCC)c1ccc(-c2ccc(F)cc2)s1. The van der Waals surface area contributed by atoms with Crippen molar-refractivity contribution in [2.45, 2.75) is 39.2 Å². The molecule has 0 bridgehead atoms. The minimum atomic E-state index is -0.181. The lowest BCUT2D eigenvalue weighted by molar-refractivity contribution is 0.501. The first-order valence-corrected chi connectivity index (χ1v) is 8.15. The molecule has 0 aliphatic rings. The number of rotatable bonds is 7. The van der Waals surface area contributed by atoms with Gasteiger partial charge in [-0.15, -0.1) is 11.3 Å². The summed E-state index contributed by atoms with van der Waals surface area (Å²) in [6, 6.07) is 11.5. The van der Waals surface area contributed by atoms with Gasteiger partial charge in [0.05, 0.1) is 0 Å². The Morgan fingerprint density at radius 3 is 2.45 bits per heavy atom. The normalized spacial score (nSPS) is 12.6. The smallest absolute Gasteiger partial charge is 0.123 e. The molecule has 0 saturated heterocycles. The van der Waals surface area contributed by atoms with Gasteiger partial charge in [-0.05, 0) is 49.2 Å². The summed E-state index contributed by atoms with van der Waals surface area (Å²) in [6.07, 6.45) is 3.48. The Morgan fingerprint density at radius 1 is 1.05 bits per heavy atom. The maximum Gasteiger partial charge on any atom is 0.123 e. The Balaban J connectivity index is 2.15. The van der Waals surface area contributed by atoms with E-state index in [-0.39, 0.29) is 5.82 Å². The van der Waals surface area contributed by atoms with Gasteiger partial charge >= 0.3 is 0 Å². The maximum atomic E-state index is 13.0. The average Bonchev–Trinajstić information content (AvgIpc) is 2.94. The molecule has 0 aliphatic carbocycles. The van der Waals surface area contributed by atoms with Crippen LogP contribution in [0.2, 0.25) is 0 Å². The van der Waals surface area contributed by atoms with Crippen molar-refractivity contribution in [1.82, 2.24) is 5.32 Å². The van der Waals surface area contributed by atoms with Crippen molar-refractivity contribution in [3.63, 3.8) is 0 Å². The third-order valence-corrected chi connectivity index (χ3v) is 4.57. The van der Waals surface area contributed by atoms with Crippen molar-refractivity contribution < 1.29 is 4.39 Å². The first kappa shape index (κ1) is 15.2. The molecule has 0 saturated carbocycles. The maximum absolute atomic E-state index is 13.0. The van der Waals surface area contributed by atoms with Crippen LogP contribution in [-0.2, 0) is 0 Å². The molecule has 1 nitrogen and oxygen atoms in total. The van der Waals surface area contributed by atoms with E-state index in [0.29, 0.717) is 6.04 Å². The van der Waals surface area contributed by atoms with Crippen molar-refractivity contribution in [3.8, 4) is 10.4 Å². The Morgan fingerprint density at radius 2 is 1.80 bits per heavy atom. The van der Waals surface area contributed by atoms with Gasteiger partial charge in [0.2, 0.25) is 0 Å². The summed E-state index contributed by atoms with van der Waals surface area (Å²) in [5.74, 6) is -0.181. The van der Waals surface area contributed by atoms with E-state index in [1.54, 1.807) is 11.3 Å². The van der Waals surface area contributed by atoms with Gasteiger partial charge < -0.3 is 5.32 Å². The van der Waals surface area contributed by atoms with Crippen LogP contribution in [-0.4, -0.2) is 6.54 Å². The van der Waals surface area contributed by atoms with Gasteiger partial charge in [-0.1, -0.05) is 32.4 Å². The van der Waals surface area contributed by atoms with Crippen LogP contribution < -0.4 is 5.32 Å². The Hall–Kier alpha value is -1.19. The molecule has 1 heterocycles. The molecule has 0 spiro atoms. The van der Waals surface area contributed by atoms with Crippen molar-refractivity contribution in [2.75, 3.05) is 6.54 Å². The van der Waals surface area contributed by atoms with E-state index in [1.807, 2.05) is 12.1 Å². The first-order chi connectivity index (χ1) is 9.74. The highest BCUT2D eigenvalue weighted by molar-refractivity contribution is 7.15. The molecule has 3 heteroatoms. The van der Waals surface area contributed by atoms with Crippen LogP contribution in [0.1, 0.15) is 44.0 Å². The molecule has 108 valence electrons. The number of halogens is 1. The third kappa shape index (κ3) is 3.90. The zero-order chi connectivity index (χ0) is 14.4. The molecular weight excluding hydrogens is 269 g/mol. The minimum absolute atomic E-state index is 0.181. The van der Waals surface area contributed by atoms with Crippen LogP contribution in [0.3, 0.4) is 0 Å². The summed E-state index contributed by atoms with van der Waals surface area (Å²) in [5.41, 5.74) is 1.09. The molecule has 0 radical (unpaired) electrons. The van der Waals surface area contributed by atoms with Crippen molar-refractivity contribution in [3.05, 3.63) is 47.1 Å². The molecule has 2 aromatic rings. The number of benzene rings is 1. The van der Waals surface area contributed by atoms with Gasteiger partial charge in [-0.3, -0.25) is 0 Å². The van der Waals surface area contributed by atoms with Crippen LogP contribution >= 0.6 is 11.3 Å². The van der Waals surface area contributed by atoms with Gasteiger partial charge in [-0.2, -0.15) is 0 Å². The summed E-state index contributed by atoms with van der Waals surface area (Å²) in [5, 5.41) is 3.61. The van der Waals surface area contributed by atoms with Crippen LogP contribution in [0.4, 0.5) is 4.39 Å². The minimum Gasteiger partial charge on any atom is -0.309 e. The molecule has 20 heavy (non-hydrogen) atoms. The van der Waals surface area contributed by atoms with E-state index < -0.39 is 0 Å². The topological polar surface area (TPSA) is 12.0 Å². The fourth-order valence-electron chi connectivity index (χ4n) is 2.26. The molecular formula is C17H22FNS. The van der Waals surface area contributed by atoms with E-state index in [2.05, 4.69) is 31.3 Å². The summed E-state index contributed by atoms with van der Waals surface area (Å²) in [7, 11) is 0. The molecule has 1 atom stereocenters. The zero-order valence-electron chi connectivity index (χ0n) is 12.2. The Bertz CT molecular complexity index is 518. The second-order valence-electron chi connectivity index (χ2n) is 5.00. The second kappa shape index (κ2) is 7.55. The fourth-order valence-corrected chi connectivity index (χ4v) is 3.39. The summed E-state index contributed by atoms with van der Waals surface area (Å²) >= 11 is 1.81.